The number of aryl methyl sites for hydroxylation is 1. The van der Waals surface area contributed by atoms with Crippen molar-refractivity contribution in [2.24, 2.45) is 16.6 Å². The Bertz CT molecular complexity index is 573. The summed E-state index contributed by atoms with van der Waals surface area (Å²) < 4.78 is 0. The predicted octanol–water partition coefficient (Wildman–Crippen LogP) is 0.746. The second kappa shape index (κ2) is 10.4. The summed E-state index contributed by atoms with van der Waals surface area (Å²) in [7, 11) is 1.78. The van der Waals surface area contributed by atoms with Crippen molar-refractivity contribution in [3.8, 4) is 0 Å². The van der Waals surface area contributed by atoms with Crippen molar-refractivity contribution in [3.63, 3.8) is 0 Å². The minimum absolute atomic E-state index is 0.0191. The number of thiazole rings is 1. The standard InChI is InChI=1S/C17H30N6OS/c1-13-11-22-15(25-13)6-8-21-17(19-2)20-7-4-10-23-9-3-5-14(12-23)16(18)24/h11,14H,3-10,12H2,1-2H3,(H2,18,24)(H2,19,20,21). The van der Waals surface area contributed by atoms with E-state index in [1.807, 2.05) is 6.20 Å². The van der Waals surface area contributed by atoms with Crippen LogP contribution in [0, 0.1) is 12.8 Å². The molecule has 0 aromatic carbocycles. The number of amides is 1. The number of rotatable bonds is 8. The van der Waals surface area contributed by atoms with Crippen LogP contribution in [0.2, 0.25) is 0 Å². The molecule has 1 aliphatic heterocycles. The number of nitrogens with two attached hydrogens (primary N) is 1. The minimum Gasteiger partial charge on any atom is -0.369 e. The van der Waals surface area contributed by atoms with E-state index in [-0.39, 0.29) is 11.8 Å². The van der Waals surface area contributed by atoms with Crippen LogP contribution in [0.15, 0.2) is 11.2 Å². The summed E-state index contributed by atoms with van der Waals surface area (Å²) in [5.74, 6) is 0.676. The molecule has 4 N–H and O–H groups in total. The molecule has 1 aliphatic rings. The van der Waals surface area contributed by atoms with Gasteiger partial charge in [0.25, 0.3) is 0 Å². The number of hydrogen-bond acceptors (Lipinski definition) is 5. The summed E-state index contributed by atoms with van der Waals surface area (Å²) in [6, 6.07) is 0. The fraction of sp³-hybridized carbons (Fsp3) is 0.706. The first-order valence-electron chi connectivity index (χ1n) is 8.96. The Balaban J connectivity index is 1.58. The van der Waals surface area contributed by atoms with Crippen LogP contribution in [0.3, 0.4) is 0 Å². The van der Waals surface area contributed by atoms with Crippen LogP contribution < -0.4 is 16.4 Å². The molecule has 1 unspecified atom stereocenters. The molecule has 1 amide bonds. The van der Waals surface area contributed by atoms with Gasteiger partial charge in [0, 0.05) is 44.2 Å². The first-order valence-corrected chi connectivity index (χ1v) is 9.77. The molecule has 0 bridgehead atoms. The quantitative estimate of drug-likeness (QED) is 0.358. The zero-order valence-corrected chi connectivity index (χ0v) is 16.1. The lowest BCUT2D eigenvalue weighted by Gasteiger charge is -2.31. The zero-order valence-electron chi connectivity index (χ0n) is 15.3. The molecular formula is C17H30N6OS. The molecule has 0 radical (unpaired) electrons. The number of carbonyl (C=O) groups excluding carboxylic acids is 1. The molecule has 1 atom stereocenters. The van der Waals surface area contributed by atoms with Gasteiger partial charge in [-0.05, 0) is 39.3 Å². The van der Waals surface area contributed by atoms with Crippen molar-refractivity contribution in [2.45, 2.75) is 32.6 Å². The van der Waals surface area contributed by atoms with Gasteiger partial charge in [-0.3, -0.25) is 9.79 Å². The molecule has 7 nitrogen and oxygen atoms in total. The third-order valence-electron chi connectivity index (χ3n) is 4.38. The van der Waals surface area contributed by atoms with Crippen LogP contribution in [-0.4, -0.2) is 61.5 Å². The molecule has 0 aliphatic carbocycles. The highest BCUT2D eigenvalue weighted by Gasteiger charge is 2.23. The number of carbonyl (C=O) groups is 1. The van der Waals surface area contributed by atoms with Gasteiger partial charge in [0.15, 0.2) is 5.96 Å². The number of likely N-dealkylation sites (tertiary alicyclic amines) is 1. The topological polar surface area (TPSA) is 95.6 Å². The molecule has 2 rings (SSSR count). The number of piperidine rings is 1. The third-order valence-corrected chi connectivity index (χ3v) is 5.35. The normalized spacial score (nSPS) is 19.0. The van der Waals surface area contributed by atoms with Gasteiger partial charge in [-0.25, -0.2) is 4.98 Å². The minimum atomic E-state index is -0.164. The van der Waals surface area contributed by atoms with Gasteiger partial charge >= 0.3 is 0 Å². The van der Waals surface area contributed by atoms with Crippen LogP contribution in [0.1, 0.15) is 29.1 Å². The van der Waals surface area contributed by atoms with E-state index in [4.69, 9.17) is 5.73 Å². The van der Waals surface area contributed by atoms with E-state index >= 15 is 0 Å². The van der Waals surface area contributed by atoms with E-state index in [0.29, 0.717) is 0 Å². The first-order chi connectivity index (χ1) is 12.1. The van der Waals surface area contributed by atoms with E-state index in [1.54, 1.807) is 18.4 Å². The number of nitrogens with zero attached hydrogens (tertiary/aromatic N) is 3. The van der Waals surface area contributed by atoms with Crippen LogP contribution in [0.5, 0.6) is 0 Å². The fourth-order valence-electron chi connectivity index (χ4n) is 3.03. The molecule has 1 saturated heterocycles. The highest BCUT2D eigenvalue weighted by molar-refractivity contribution is 7.11. The lowest BCUT2D eigenvalue weighted by Crippen LogP contribution is -2.43. The molecule has 1 fully saturated rings. The van der Waals surface area contributed by atoms with Crippen molar-refractivity contribution in [3.05, 3.63) is 16.1 Å². The maximum absolute atomic E-state index is 11.3. The van der Waals surface area contributed by atoms with Gasteiger partial charge in [0.1, 0.15) is 0 Å². The van der Waals surface area contributed by atoms with Gasteiger partial charge in [-0.2, -0.15) is 0 Å². The molecule has 0 saturated carbocycles. The molecule has 1 aromatic rings. The Morgan fingerprint density at radius 2 is 2.28 bits per heavy atom. The Hall–Kier alpha value is -1.67. The van der Waals surface area contributed by atoms with E-state index in [0.717, 1.165) is 69.4 Å². The second-order valence-corrected chi connectivity index (χ2v) is 7.76. The lowest BCUT2D eigenvalue weighted by atomic mass is 9.97. The summed E-state index contributed by atoms with van der Waals surface area (Å²) in [6.07, 6.45) is 5.82. The van der Waals surface area contributed by atoms with Gasteiger partial charge in [0.2, 0.25) is 5.91 Å². The molecule has 140 valence electrons. The van der Waals surface area contributed by atoms with Crippen LogP contribution in [-0.2, 0) is 11.2 Å². The van der Waals surface area contributed by atoms with Crippen LogP contribution >= 0.6 is 11.3 Å². The Kier molecular flexibility index (Phi) is 8.14. The zero-order chi connectivity index (χ0) is 18.1. The van der Waals surface area contributed by atoms with Gasteiger partial charge < -0.3 is 21.3 Å². The van der Waals surface area contributed by atoms with Crippen molar-refractivity contribution in [1.29, 1.82) is 0 Å². The Labute approximate surface area is 154 Å². The van der Waals surface area contributed by atoms with Crippen molar-refractivity contribution >= 4 is 23.2 Å². The maximum Gasteiger partial charge on any atom is 0.221 e. The number of nitrogens with one attached hydrogen (secondary N) is 2. The number of hydrogen-bond donors (Lipinski definition) is 3. The van der Waals surface area contributed by atoms with E-state index in [2.05, 4.69) is 32.4 Å². The summed E-state index contributed by atoms with van der Waals surface area (Å²) >= 11 is 1.74. The number of guanidine groups is 1. The summed E-state index contributed by atoms with van der Waals surface area (Å²) in [6.45, 7) is 6.58. The Morgan fingerprint density at radius 3 is 2.96 bits per heavy atom. The molecule has 2 heterocycles. The summed E-state index contributed by atoms with van der Waals surface area (Å²) in [5, 5.41) is 7.80. The molecule has 25 heavy (non-hydrogen) atoms. The fourth-order valence-corrected chi connectivity index (χ4v) is 3.81. The first kappa shape index (κ1) is 19.7. The monoisotopic (exact) mass is 366 g/mol. The SMILES string of the molecule is CN=C(NCCCN1CCCC(C(N)=O)C1)NCCc1ncc(C)s1. The van der Waals surface area contributed by atoms with E-state index in [9.17, 15) is 4.79 Å². The Morgan fingerprint density at radius 1 is 1.48 bits per heavy atom. The number of aromatic nitrogens is 1. The van der Waals surface area contributed by atoms with Crippen molar-refractivity contribution in [1.82, 2.24) is 20.5 Å². The third kappa shape index (κ3) is 6.99. The lowest BCUT2D eigenvalue weighted by molar-refractivity contribution is -0.123. The highest BCUT2D eigenvalue weighted by atomic mass is 32.1. The van der Waals surface area contributed by atoms with Gasteiger partial charge in [0.05, 0.1) is 10.9 Å². The molecule has 1 aromatic heterocycles. The van der Waals surface area contributed by atoms with Crippen LogP contribution in [0.25, 0.3) is 0 Å². The predicted molar refractivity (Wildman–Crippen MR) is 103 cm³/mol. The largest absolute Gasteiger partial charge is 0.369 e. The van der Waals surface area contributed by atoms with Crippen molar-refractivity contribution < 1.29 is 4.79 Å². The molecule has 0 spiro atoms. The average Bonchev–Trinajstić information content (AvgIpc) is 3.02. The maximum atomic E-state index is 11.3. The van der Waals surface area contributed by atoms with E-state index < -0.39 is 0 Å². The molecular weight excluding hydrogens is 336 g/mol. The smallest absolute Gasteiger partial charge is 0.221 e. The number of aliphatic imine (C=N–C) groups is 1. The van der Waals surface area contributed by atoms with Crippen molar-refractivity contribution in [2.75, 3.05) is 39.8 Å². The van der Waals surface area contributed by atoms with Gasteiger partial charge in [-0.15, -0.1) is 11.3 Å². The molecule has 8 heteroatoms. The van der Waals surface area contributed by atoms with E-state index in [1.165, 1.54) is 4.88 Å². The summed E-state index contributed by atoms with van der Waals surface area (Å²) in [5.41, 5.74) is 5.43. The van der Waals surface area contributed by atoms with Gasteiger partial charge in [-0.1, -0.05) is 0 Å². The second-order valence-electron chi connectivity index (χ2n) is 6.44. The number of primary amides is 1. The average molecular weight is 367 g/mol. The summed E-state index contributed by atoms with van der Waals surface area (Å²) in [4.78, 5) is 23.5. The highest BCUT2D eigenvalue weighted by Crippen LogP contribution is 2.15. The van der Waals surface area contributed by atoms with Crippen LogP contribution in [0.4, 0.5) is 0 Å².